The number of imidazole rings is 1. The van der Waals surface area contributed by atoms with Crippen molar-refractivity contribution in [2.75, 3.05) is 0 Å². The van der Waals surface area contributed by atoms with Crippen molar-refractivity contribution in [3.63, 3.8) is 0 Å². The second-order valence-electron chi connectivity index (χ2n) is 10.5. The van der Waals surface area contributed by atoms with Gasteiger partial charge in [0.05, 0.1) is 29.2 Å². The van der Waals surface area contributed by atoms with Gasteiger partial charge in [0.15, 0.2) is 5.69 Å². The van der Waals surface area contributed by atoms with Gasteiger partial charge in [0.1, 0.15) is 5.65 Å². The van der Waals surface area contributed by atoms with Crippen LogP contribution in [0.4, 0.5) is 5.69 Å². The third-order valence-electron chi connectivity index (χ3n) is 8.21. The molecule has 0 unspecified atom stereocenters. The van der Waals surface area contributed by atoms with E-state index >= 15 is 0 Å². The van der Waals surface area contributed by atoms with Crippen LogP contribution in [0.3, 0.4) is 0 Å². The number of rotatable bonds is 3. The summed E-state index contributed by atoms with van der Waals surface area (Å²) in [5, 5.41) is 12.1. The van der Waals surface area contributed by atoms with Gasteiger partial charge in [-0.2, -0.15) is 5.26 Å². The van der Waals surface area contributed by atoms with Crippen LogP contribution in [-0.4, -0.2) is 9.38 Å². The van der Waals surface area contributed by atoms with Gasteiger partial charge in [-0.15, -0.1) is 0 Å². The molecule has 0 saturated heterocycles. The van der Waals surface area contributed by atoms with Crippen LogP contribution in [0.15, 0.2) is 126 Å². The van der Waals surface area contributed by atoms with Crippen LogP contribution >= 0.6 is 0 Å². The number of nitriles is 1. The SMILES string of the molecule is [C-]#[N+]c1ccc2c(=O)n3c4cc(-c5ccccc5)cc(-c5ccccc5)c4nc3c3ccc(-c4ccc(C#N)cc4)c1c23. The summed E-state index contributed by atoms with van der Waals surface area (Å²) >= 11 is 0. The Bertz CT molecular complexity index is 2520. The van der Waals surface area contributed by atoms with E-state index in [4.69, 9.17) is 11.6 Å². The van der Waals surface area contributed by atoms with Crippen molar-refractivity contribution >= 4 is 43.9 Å². The number of nitrogens with zero attached hydrogens (tertiary/aromatic N) is 4. The number of pyridine rings is 1. The van der Waals surface area contributed by atoms with Gasteiger partial charge in [-0.05, 0) is 62.9 Å². The van der Waals surface area contributed by atoms with Crippen LogP contribution in [-0.2, 0) is 0 Å². The molecule has 0 saturated carbocycles. The van der Waals surface area contributed by atoms with Crippen LogP contribution < -0.4 is 5.56 Å². The summed E-state index contributed by atoms with van der Waals surface area (Å²) in [6.45, 7) is 7.95. The second kappa shape index (κ2) is 9.38. The number of fused-ring (bicyclic) bond motifs is 4. The van der Waals surface area contributed by atoms with Gasteiger partial charge < -0.3 is 0 Å². The van der Waals surface area contributed by atoms with Crippen molar-refractivity contribution in [2.24, 2.45) is 0 Å². The fourth-order valence-electron chi connectivity index (χ4n) is 6.22. The molecule has 43 heavy (non-hydrogen) atoms. The molecule has 0 aliphatic heterocycles. The molecule has 0 aliphatic carbocycles. The number of hydrogen-bond acceptors (Lipinski definition) is 3. The van der Waals surface area contributed by atoms with Crippen molar-refractivity contribution in [2.45, 2.75) is 0 Å². The Labute approximate surface area is 246 Å². The Hall–Kier alpha value is -6.30. The van der Waals surface area contributed by atoms with Gasteiger partial charge >= 0.3 is 0 Å². The zero-order chi connectivity index (χ0) is 29.1. The first-order valence-electron chi connectivity index (χ1n) is 13.9. The molecule has 2 aromatic heterocycles. The van der Waals surface area contributed by atoms with Gasteiger partial charge in [0.2, 0.25) is 0 Å². The molecule has 0 N–H and O–H groups in total. The molecule has 8 aromatic rings. The molecule has 0 atom stereocenters. The largest absolute Gasteiger partial charge is 0.268 e. The zero-order valence-corrected chi connectivity index (χ0v) is 22.7. The number of aromatic nitrogens is 2. The van der Waals surface area contributed by atoms with Crippen LogP contribution in [0.1, 0.15) is 5.56 Å². The molecule has 8 rings (SSSR count). The molecular weight excluding hydrogens is 528 g/mol. The standard InChI is InChI=1S/C38H20N4O/c1-40-32-19-18-30-34-29(17-16-28(35(32)34)26-14-12-23(22-39)13-15-26)37-41-36-31(25-10-6-3-7-11-25)20-27(24-8-4-2-5-9-24)21-33(36)42(37)38(30)43/h2-21H. The van der Waals surface area contributed by atoms with E-state index in [1.165, 1.54) is 0 Å². The highest BCUT2D eigenvalue weighted by molar-refractivity contribution is 6.23. The molecule has 0 aliphatic rings. The van der Waals surface area contributed by atoms with Crippen molar-refractivity contribution in [1.29, 1.82) is 5.26 Å². The average Bonchev–Trinajstić information content (AvgIpc) is 3.47. The van der Waals surface area contributed by atoms with Crippen molar-refractivity contribution in [3.05, 3.63) is 149 Å². The monoisotopic (exact) mass is 548 g/mol. The predicted octanol–water partition coefficient (Wildman–Crippen LogP) is 9.02. The average molecular weight is 549 g/mol. The van der Waals surface area contributed by atoms with Gasteiger partial charge in [-0.1, -0.05) is 97.1 Å². The molecule has 0 bridgehead atoms. The van der Waals surface area contributed by atoms with Gasteiger partial charge in [-0.25, -0.2) is 9.83 Å². The highest BCUT2D eigenvalue weighted by Crippen LogP contribution is 2.42. The lowest BCUT2D eigenvalue weighted by molar-refractivity contribution is 1.19. The Morgan fingerprint density at radius 1 is 0.674 bits per heavy atom. The highest BCUT2D eigenvalue weighted by atomic mass is 16.1. The minimum atomic E-state index is -0.173. The molecule has 0 radical (unpaired) electrons. The molecule has 0 fully saturated rings. The molecule has 5 heteroatoms. The van der Waals surface area contributed by atoms with Gasteiger partial charge in [0.25, 0.3) is 5.56 Å². The third-order valence-corrected chi connectivity index (χ3v) is 8.21. The molecule has 0 spiro atoms. The predicted molar refractivity (Wildman–Crippen MR) is 172 cm³/mol. The van der Waals surface area contributed by atoms with E-state index in [1.807, 2.05) is 66.7 Å². The van der Waals surface area contributed by atoms with E-state index in [-0.39, 0.29) is 5.56 Å². The maximum Gasteiger partial charge on any atom is 0.264 e. The minimum absolute atomic E-state index is 0.173. The fourth-order valence-corrected chi connectivity index (χ4v) is 6.22. The number of benzene rings is 6. The van der Waals surface area contributed by atoms with Crippen LogP contribution in [0, 0.1) is 17.9 Å². The van der Waals surface area contributed by atoms with Crippen LogP contribution in [0.5, 0.6) is 0 Å². The summed E-state index contributed by atoms with van der Waals surface area (Å²) in [5.74, 6) is 0. The Balaban J connectivity index is 1.53. The van der Waals surface area contributed by atoms with E-state index in [1.54, 1.807) is 28.7 Å². The summed E-state index contributed by atoms with van der Waals surface area (Å²) in [7, 11) is 0. The number of hydrogen-bond donors (Lipinski definition) is 0. The summed E-state index contributed by atoms with van der Waals surface area (Å²) in [6.07, 6.45) is 0. The smallest absolute Gasteiger partial charge is 0.264 e. The van der Waals surface area contributed by atoms with Crippen LogP contribution in [0.2, 0.25) is 0 Å². The lowest BCUT2D eigenvalue weighted by atomic mass is 9.92. The summed E-state index contributed by atoms with van der Waals surface area (Å²) in [5.41, 5.74) is 8.63. The maximum absolute atomic E-state index is 14.4. The topological polar surface area (TPSA) is 62.5 Å². The summed E-state index contributed by atoms with van der Waals surface area (Å²) < 4.78 is 1.73. The molecule has 6 aromatic carbocycles. The van der Waals surface area contributed by atoms with Crippen molar-refractivity contribution in [3.8, 4) is 39.4 Å². The first kappa shape index (κ1) is 24.5. The Morgan fingerprint density at radius 2 is 1.35 bits per heavy atom. The van der Waals surface area contributed by atoms with Crippen LogP contribution in [0.25, 0.3) is 76.5 Å². The van der Waals surface area contributed by atoms with Crippen molar-refractivity contribution in [1.82, 2.24) is 9.38 Å². The normalized spacial score (nSPS) is 11.3. The summed E-state index contributed by atoms with van der Waals surface area (Å²) in [6, 6.07) is 41.4. The zero-order valence-electron chi connectivity index (χ0n) is 22.7. The van der Waals surface area contributed by atoms with E-state index in [9.17, 15) is 10.1 Å². The first-order valence-corrected chi connectivity index (χ1v) is 13.9. The van der Waals surface area contributed by atoms with E-state index in [0.29, 0.717) is 22.3 Å². The highest BCUT2D eigenvalue weighted by Gasteiger charge is 2.22. The lowest BCUT2D eigenvalue weighted by Crippen LogP contribution is -2.13. The first-order chi connectivity index (χ1) is 21.2. The molecular formula is C38H20N4O. The van der Waals surface area contributed by atoms with E-state index < -0.39 is 0 Å². The van der Waals surface area contributed by atoms with Gasteiger partial charge in [-0.3, -0.25) is 9.20 Å². The lowest BCUT2D eigenvalue weighted by Gasteiger charge is -2.14. The van der Waals surface area contributed by atoms with Crippen molar-refractivity contribution < 1.29 is 0 Å². The third kappa shape index (κ3) is 3.63. The summed E-state index contributed by atoms with van der Waals surface area (Å²) in [4.78, 5) is 23.4. The second-order valence-corrected chi connectivity index (χ2v) is 10.5. The Kier molecular flexibility index (Phi) is 5.34. The molecule has 5 nitrogen and oxygen atoms in total. The minimum Gasteiger partial charge on any atom is -0.268 e. The molecule has 198 valence electrons. The Morgan fingerprint density at radius 3 is 2.05 bits per heavy atom. The maximum atomic E-state index is 14.4. The van der Waals surface area contributed by atoms with E-state index in [2.05, 4.69) is 41.2 Å². The van der Waals surface area contributed by atoms with E-state index in [0.717, 1.165) is 60.6 Å². The molecule has 2 heterocycles. The van der Waals surface area contributed by atoms with Gasteiger partial charge in [0, 0.05) is 16.3 Å². The quantitative estimate of drug-likeness (QED) is 0.207. The fraction of sp³-hybridized carbons (Fsp3) is 0. The molecule has 0 amide bonds.